The molecule has 2 heterocycles. The molecule has 108 valence electrons. The van der Waals surface area contributed by atoms with Gasteiger partial charge in [0.05, 0.1) is 6.61 Å². The van der Waals surface area contributed by atoms with Gasteiger partial charge in [-0.25, -0.2) is 0 Å². The molecule has 1 unspecified atom stereocenters. The minimum absolute atomic E-state index is 0.312. The molecule has 0 spiro atoms. The third-order valence-corrected chi connectivity index (χ3v) is 4.01. The van der Waals surface area contributed by atoms with Crippen LogP contribution in [0.1, 0.15) is 17.9 Å². The van der Waals surface area contributed by atoms with Gasteiger partial charge in [0.15, 0.2) is 11.5 Å². The molecule has 2 aliphatic rings. The molecular weight excluding hydrogens is 266 g/mol. The Morgan fingerprint density at radius 3 is 2.86 bits per heavy atom. The molecule has 0 radical (unpaired) electrons. The van der Waals surface area contributed by atoms with Crippen molar-refractivity contribution in [3.05, 3.63) is 48.0 Å². The maximum Gasteiger partial charge on any atom is 0.231 e. The largest absolute Gasteiger partial charge is 0.493 e. The Morgan fingerprint density at radius 1 is 0.952 bits per heavy atom. The maximum absolute atomic E-state index is 5.70. The van der Waals surface area contributed by atoms with E-state index in [9.17, 15) is 0 Å². The van der Waals surface area contributed by atoms with Crippen LogP contribution in [-0.2, 0) is 0 Å². The molecule has 0 aromatic heterocycles. The Bertz CT molecular complexity index is 656. The summed E-state index contributed by atoms with van der Waals surface area (Å²) in [7, 11) is 0. The van der Waals surface area contributed by atoms with Crippen molar-refractivity contribution in [3.8, 4) is 17.2 Å². The van der Waals surface area contributed by atoms with E-state index in [1.165, 1.54) is 5.56 Å². The highest BCUT2D eigenvalue weighted by molar-refractivity contribution is 5.56. The number of ether oxygens (including phenoxy) is 3. The van der Waals surface area contributed by atoms with E-state index in [1.807, 2.05) is 30.3 Å². The summed E-state index contributed by atoms with van der Waals surface area (Å²) in [5.41, 5.74) is 2.35. The van der Waals surface area contributed by atoms with Crippen molar-refractivity contribution >= 4 is 5.69 Å². The van der Waals surface area contributed by atoms with Crippen LogP contribution in [0.5, 0.6) is 17.2 Å². The first kappa shape index (κ1) is 12.4. The van der Waals surface area contributed by atoms with Gasteiger partial charge in [-0.15, -0.1) is 0 Å². The van der Waals surface area contributed by atoms with Crippen molar-refractivity contribution in [2.24, 2.45) is 0 Å². The monoisotopic (exact) mass is 283 g/mol. The molecule has 0 aliphatic carbocycles. The minimum Gasteiger partial charge on any atom is -0.493 e. The fourth-order valence-electron chi connectivity index (χ4n) is 2.88. The van der Waals surface area contributed by atoms with Crippen molar-refractivity contribution in [2.45, 2.75) is 12.3 Å². The average molecular weight is 283 g/mol. The number of anilines is 1. The van der Waals surface area contributed by atoms with E-state index in [0.29, 0.717) is 12.7 Å². The zero-order valence-electron chi connectivity index (χ0n) is 11.7. The molecular formula is C17H17NO3. The van der Waals surface area contributed by atoms with Gasteiger partial charge in [0.25, 0.3) is 0 Å². The van der Waals surface area contributed by atoms with E-state index in [4.69, 9.17) is 14.2 Å². The molecule has 0 saturated carbocycles. The summed E-state index contributed by atoms with van der Waals surface area (Å²) in [5, 5.41) is 3.49. The van der Waals surface area contributed by atoms with Crippen molar-refractivity contribution in [3.63, 3.8) is 0 Å². The fraction of sp³-hybridized carbons (Fsp3) is 0.294. The van der Waals surface area contributed by atoms with Gasteiger partial charge < -0.3 is 19.5 Å². The molecule has 4 nitrogen and oxygen atoms in total. The van der Waals surface area contributed by atoms with Gasteiger partial charge >= 0.3 is 0 Å². The van der Waals surface area contributed by atoms with Crippen LogP contribution in [0.2, 0.25) is 0 Å². The van der Waals surface area contributed by atoms with Gasteiger partial charge in [-0.05, 0) is 30.2 Å². The van der Waals surface area contributed by atoms with E-state index in [1.54, 1.807) is 0 Å². The van der Waals surface area contributed by atoms with E-state index >= 15 is 0 Å². The molecule has 2 aliphatic heterocycles. The average Bonchev–Trinajstić information content (AvgIpc) is 3.00. The van der Waals surface area contributed by atoms with E-state index in [-0.39, 0.29) is 0 Å². The predicted octanol–water partition coefficient (Wildman–Crippen LogP) is 3.39. The van der Waals surface area contributed by atoms with Crippen LogP contribution in [0.25, 0.3) is 0 Å². The molecule has 1 atom stereocenters. The number of rotatable bonds is 3. The van der Waals surface area contributed by atoms with E-state index in [2.05, 4.69) is 17.4 Å². The summed E-state index contributed by atoms with van der Waals surface area (Å²) >= 11 is 0. The first-order valence-corrected chi connectivity index (χ1v) is 7.25. The van der Waals surface area contributed by atoms with Gasteiger partial charge in [0.2, 0.25) is 6.79 Å². The summed E-state index contributed by atoms with van der Waals surface area (Å²) in [6, 6.07) is 14.3. The van der Waals surface area contributed by atoms with Gasteiger partial charge in [0.1, 0.15) is 5.75 Å². The highest BCUT2D eigenvalue weighted by Gasteiger charge is 2.21. The Labute approximate surface area is 123 Å². The number of hydrogen-bond acceptors (Lipinski definition) is 4. The first-order valence-electron chi connectivity index (χ1n) is 7.25. The quantitative estimate of drug-likeness (QED) is 0.937. The summed E-state index contributed by atoms with van der Waals surface area (Å²) in [6.07, 6.45) is 1.04. The number of nitrogens with one attached hydrogen (secondary N) is 1. The van der Waals surface area contributed by atoms with Crippen molar-refractivity contribution in [1.82, 2.24) is 0 Å². The minimum atomic E-state index is 0.312. The van der Waals surface area contributed by atoms with Crippen LogP contribution in [0.3, 0.4) is 0 Å². The third-order valence-electron chi connectivity index (χ3n) is 4.01. The molecule has 2 aromatic carbocycles. The molecule has 0 fully saturated rings. The lowest BCUT2D eigenvalue weighted by atomic mass is 9.93. The van der Waals surface area contributed by atoms with Crippen LogP contribution >= 0.6 is 0 Å². The Morgan fingerprint density at radius 2 is 1.86 bits per heavy atom. The maximum atomic E-state index is 5.70. The summed E-state index contributed by atoms with van der Waals surface area (Å²) in [6.45, 7) is 1.98. The van der Waals surface area contributed by atoms with E-state index in [0.717, 1.165) is 42.5 Å². The van der Waals surface area contributed by atoms with Gasteiger partial charge in [-0.3, -0.25) is 0 Å². The molecule has 21 heavy (non-hydrogen) atoms. The zero-order chi connectivity index (χ0) is 14.1. The lowest BCUT2D eigenvalue weighted by Gasteiger charge is -2.26. The van der Waals surface area contributed by atoms with Crippen molar-refractivity contribution in [1.29, 1.82) is 0 Å². The van der Waals surface area contributed by atoms with Gasteiger partial charge in [-0.2, -0.15) is 0 Å². The van der Waals surface area contributed by atoms with Crippen LogP contribution in [0, 0.1) is 0 Å². The molecule has 4 rings (SSSR count). The predicted molar refractivity (Wildman–Crippen MR) is 80.3 cm³/mol. The zero-order valence-corrected chi connectivity index (χ0v) is 11.7. The highest BCUT2D eigenvalue weighted by Crippen LogP contribution is 2.36. The summed E-state index contributed by atoms with van der Waals surface area (Å²) in [4.78, 5) is 0. The van der Waals surface area contributed by atoms with Crippen LogP contribution in [0.4, 0.5) is 5.69 Å². The molecule has 0 saturated heterocycles. The first-order chi connectivity index (χ1) is 10.4. The molecule has 2 aromatic rings. The topological polar surface area (TPSA) is 39.7 Å². The fourth-order valence-corrected chi connectivity index (χ4v) is 2.88. The van der Waals surface area contributed by atoms with Crippen LogP contribution in [-0.4, -0.2) is 19.9 Å². The second-order valence-electron chi connectivity index (χ2n) is 5.32. The number of para-hydroxylation sites is 1. The standard InChI is InChI=1S/C17H17NO3/c1-2-4-15-14(3-1)12(7-8-19-15)10-18-13-5-6-16-17(9-13)21-11-20-16/h1-6,9,12,18H,7-8,10-11H2. The molecule has 1 N–H and O–H groups in total. The van der Waals surface area contributed by atoms with Gasteiger partial charge in [0, 0.05) is 24.2 Å². The number of fused-ring (bicyclic) bond motifs is 2. The smallest absolute Gasteiger partial charge is 0.231 e. The lowest BCUT2D eigenvalue weighted by Crippen LogP contribution is -2.20. The van der Waals surface area contributed by atoms with Crippen LogP contribution < -0.4 is 19.5 Å². The Hall–Kier alpha value is -2.36. The Kier molecular flexibility index (Phi) is 3.07. The van der Waals surface area contributed by atoms with Crippen molar-refractivity contribution < 1.29 is 14.2 Å². The molecule has 4 heteroatoms. The van der Waals surface area contributed by atoms with Crippen LogP contribution in [0.15, 0.2) is 42.5 Å². The molecule has 0 amide bonds. The highest BCUT2D eigenvalue weighted by atomic mass is 16.7. The number of hydrogen-bond donors (Lipinski definition) is 1. The van der Waals surface area contributed by atoms with Crippen molar-refractivity contribution in [2.75, 3.05) is 25.3 Å². The van der Waals surface area contributed by atoms with E-state index < -0.39 is 0 Å². The summed E-state index contributed by atoms with van der Waals surface area (Å²) < 4.78 is 16.4. The normalized spacial score (nSPS) is 18.8. The number of benzene rings is 2. The molecule has 0 bridgehead atoms. The second-order valence-corrected chi connectivity index (χ2v) is 5.32. The second kappa shape index (κ2) is 5.20. The van der Waals surface area contributed by atoms with Gasteiger partial charge in [-0.1, -0.05) is 18.2 Å². The lowest BCUT2D eigenvalue weighted by molar-refractivity contribution is 0.174. The SMILES string of the molecule is c1ccc2c(c1)OCCC2CNc1ccc2c(c1)OCO2. The Balaban J connectivity index is 1.48. The third kappa shape index (κ3) is 2.37. The summed E-state index contributed by atoms with van der Waals surface area (Å²) in [5.74, 6) is 3.12.